The summed E-state index contributed by atoms with van der Waals surface area (Å²) in [5.74, 6) is 0.666. The van der Waals surface area contributed by atoms with E-state index in [4.69, 9.17) is 4.52 Å². The van der Waals surface area contributed by atoms with Gasteiger partial charge in [-0.3, -0.25) is 4.98 Å². The molecule has 1 N–H and O–H groups in total. The quantitative estimate of drug-likeness (QED) is 0.877. The van der Waals surface area contributed by atoms with Gasteiger partial charge < -0.3 is 9.84 Å². The van der Waals surface area contributed by atoms with E-state index in [9.17, 15) is 4.39 Å². The van der Waals surface area contributed by atoms with E-state index in [1.807, 2.05) is 0 Å². The lowest BCUT2D eigenvalue weighted by atomic mass is 9.99. The van der Waals surface area contributed by atoms with Crippen LogP contribution in [0.4, 0.5) is 4.39 Å². The van der Waals surface area contributed by atoms with Gasteiger partial charge in [-0.1, -0.05) is 5.16 Å². The van der Waals surface area contributed by atoms with E-state index in [1.54, 1.807) is 0 Å². The summed E-state index contributed by atoms with van der Waals surface area (Å²) >= 11 is 0. The monoisotopic (exact) mass is 248 g/mol. The minimum atomic E-state index is -0.450. The number of nitrogens with one attached hydrogen (secondary N) is 1. The minimum absolute atomic E-state index is 0.218. The van der Waals surface area contributed by atoms with Crippen molar-refractivity contribution in [1.29, 1.82) is 0 Å². The van der Waals surface area contributed by atoms with Crippen LogP contribution in [-0.2, 0) is 0 Å². The van der Waals surface area contributed by atoms with Gasteiger partial charge in [-0.25, -0.2) is 4.39 Å². The fourth-order valence-electron chi connectivity index (χ4n) is 2.13. The number of halogens is 1. The number of hydrogen-bond acceptors (Lipinski definition) is 5. The summed E-state index contributed by atoms with van der Waals surface area (Å²) in [6, 6.07) is 1.53. The van der Waals surface area contributed by atoms with Crippen molar-refractivity contribution in [3.8, 4) is 11.5 Å². The van der Waals surface area contributed by atoms with Crippen molar-refractivity contribution in [2.45, 2.75) is 18.8 Å². The number of piperidine rings is 1. The molecule has 5 nitrogen and oxygen atoms in total. The van der Waals surface area contributed by atoms with Gasteiger partial charge in [0, 0.05) is 18.7 Å². The van der Waals surface area contributed by atoms with Crippen LogP contribution in [0, 0.1) is 5.82 Å². The molecule has 6 heteroatoms. The Balaban J connectivity index is 1.87. The van der Waals surface area contributed by atoms with Gasteiger partial charge in [0.25, 0.3) is 5.89 Å². The molecule has 1 unspecified atom stereocenters. The highest BCUT2D eigenvalue weighted by atomic mass is 19.1. The Bertz CT molecular complexity index is 536. The van der Waals surface area contributed by atoms with Crippen LogP contribution < -0.4 is 5.32 Å². The second-order valence-electron chi connectivity index (χ2n) is 4.36. The van der Waals surface area contributed by atoms with E-state index in [1.165, 1.54) is 12.3 Å². The van der Waals surface area contributed by atoms with E-state index >= 15 is 0 Å². The first-order valence-corrected chi connectivity index (χ1v) is 5.99. The molecule has 3 rings (SSSR count). The van der Waals surface area contributed by atoms with Gasteiger partial charge in [0.05, 0.1) is 11.8 Å². The fraction of sp³-hybridized carbons (Fsp3) is 0.417. The molecule has 0 radical (unpaired) electrons. The normalized spacial score (nSPS) is 19.9. The average molecular weight is 248 g/mol. The molecule has 2 aromatic heterocycles. The zero-order chi connectivity index (χ0) is 12.4. The van der Waals surface area contributed by atoms with Crippen LogP contribution in [-0.4, -0.2) is 28.2 Å². The van der Waals surface area contributed by atoms with Crippen LogP contribution in [0.5, 0.6) is 0 Å². The van der Waals surface area contributed by atoms with Gasteiger partial charge in [0.15, 0.2) is 11.6 Å². The first-order valence-electron chi connectivity index (χ1n) is 5.99. The molecular formula is C12H13FN4O. The van der Waals surface area contributed by atoms with Crippen molar-refractivity contribution >= 4 is 0 Å². The molecule has 1 saturated heterocycles. The Morgan fingerprint density at radius 1 is 1.44 bits per heavy atom. The topological polar surface area (TPSA) is 63.8 Å². The first kappa shape index (κ1) is 11.3. The van der Waals surface area contributed by atoms with Crippen molar-refractivity contribution in [2.75, 3.05) is 13.1 Å². The third-order valence-electron chi connectivity index (χ3n) is 3.11. The van der Waals surface area contributed by atoms with E-state index in [0.29, 0.717) is 11.4 Å². The summed E-state index contributed by atoms with van der Waals surface area (Å²) < 4.78 is 18.7. The van der Waals surface area contributed by atoms with Crippen molar-refractivity contribution < 1.29 is 8.91 Å². The molecule has 0 saturated carbocycles. The average Bonchev–Trinajstić information content (AvgIpc) is 2.90. The molecule has 2 aromatic rings. The molecule has 94 valence electrons. The van der Waals surface area contributed by atoms with Crippen LogP contribution in [0.1, 0.15) is 24.6 Å². The lowest BCUT2D eigenvalue weighted by Crippen LogP contribution is -2.28. The Morgan fingerprint density at radius 2 is 2.39 bits per heavy atom. The Morgan fingerprint density at radius 3 is 3.17 bits per heavy atom. The van der Waals surface area contributed by atoms with E-state index in [-0.39, 0.29) is 11.8 Å². The second kappa shape index (κ2) is 4.81. The zero-order valence-corrected chi connectivity index (χ0v) is 9.77. The summed E-state index contributed by atoms with van der Waals surface area (Å²) in [5.41, 5.74) is 0.299. The molecule has 0 bridgehead atoms. The third-order valence-corrected chi connectivity index (χ3v) is 3.11. The highest BCUT2D eigenvalue weighted by Crippen LogP contribution is 2.25. The lowest BCUT2D eigenvalue weighted by molar-refractivity contribution is 0.392. The van der Waals surface area contributed by atoms with E-state index in [2.05, 4.69) is 20.4 Å². The second-order valence-corrected chi connectivity index (χ2v) is 4.36. The van der Waals surface area contributed by atoms with Crippen LogP contribution in [0.2, 0.25) is 0 Å². The predicted molar refractivity (Wildman–Crippen MR) is 62.3 cm³/mol. The number of aromatic nitrogens is 3. The molecule has 0 spiro atoms. The van der Waals surface area contributed by atoms with Gasteiger partial charge in [-0.15, -0.1) is 0 Å². The molecule has 0 aliphatic carbocycles. The molecule has 0 aromatic carbocycles. The maximum atomic E-state index is 13.5. The first-order chi connectivity index (χ1) is 8.84. The molecule has 1 fully saturated rings. The number of rotatable bonds is 2. The summed E-state index contributed by atoms with van der Waals surface area (Å²) in [6.45, 7) is 1.87. The smallest absolute Gasteiger partial charge is 0.261 e. The maximum Gasteiger partial charge on any atom is 0.261 e. The van der Waals surface area contributed by atoms with Crippen LogP contribution >= 0.6 is 0 Å². The SMILES string of the molecule is Fc1cnccc1-c1nc(C2CCCNC2)no1. The fourth-order valence-corrected chi connectivity index (χ4v) is 2.13. The van der Waals surface area contributed by atoms with E-state index in [0.717, 1.165) is 32.1 Å². The highest BCUT2D eigenvalue weighted by Gasteiger charge is 2.22. The van der Waals surface area contributed by atoms with Crippen molar-refractivity contribution in [1.82, 2.24) is 20.4 Å². The lowest BCUT2D eigenvalue weighted by Gasteiger charge is -2.19. The summed E-state index contributed by atoms with van der Waals surface area (Å²) in [7, 11) is 0. The predicted octanol–water partition coefficient (Wildman–Crippen LogP) is 1.74. The molecule has 1 aliphatic heterocycles. The number of nitrogens with zero attached hydrogens (tertiary/aromatic N) is 3. The molecule has 0 amide bonds. The van der Waals surface area contributed by atoms with Gasteiger partial charge in [-0.05, 0) is 25.5 Å². The molecule has 3 heterocycles. The standard InChI is InChI=1S/C12H13FN4O/c13-10-7-15-5-3-9(10)12-16-11(17-18-12)8-2-1-4-14-6-8/h3,5,7-8,14H,1-2,4,6H2. The molecule has 1 aliphatic rings. The summed E-state index contributed by atoms with van der Waals surface area (Å²) in [5, 5.41) is 7.23. The van der Waals surface area contributed by atoms with Gasteiger partial charge in [-0.2, -0.15) is 4.98 Å². The van der Waals surface area contributed by atoms with Gasteiger partial charge in [0.2, 0.25) is 0 Å². The largest absolute Gasteiger partial charge is 0.334 e. The van der Waals surface area contributed by atoms with Crippen molar-refractivity contribution in [3.63, 3.8) is 0 Å². The zero-order valence-electron chi connectivity index (χ0n) is 9.77. The van der Waals surface area contributed by atoms with E-state index < -0.39 is 5.82 Å². The minimum Gasteiger partial charge on any atom is -0.334 e. The Labute approximate surface area is 103 Å². The van der Waals surface area contributed by atoms with Crippen LogP contribution in [0.25, 0.3) is 11.5 Å². The molecular weight excluding hydrogens is 235 g/mol. The Kier molecular flexibility index (Phi) is 3.02. The van der Waals surface area contributed by atoms with Crippen molar-refractivity contribution in [2.24, 2.45) is 0 Å². The molecule has 1 atom stereocenters. The number of hydrogen-bond donors (Lipinski definition) is 1. The number of pyridine rings is 1. The maximum absolute atomic E-state index is 13.5. The van der Waals surface area contributed by atoms with Gasteiger partial charge >= 0.3 is 0 Å². The third kappa shape index (κ3) is 2.11. The highest BCUT2D eigenvalue weighted by molar-refractivity contribution is 5.52. The molecule has 18 heavy (non-hydrogen) atoms. The summed E-state index contributed by atoms with van der Waals surface area (Å²) in [6.07, 6.45) is 4.77. The van der Waals surface area contributed by atoms with Gasteiger partial charge in [0.1, 0.15) is 0 Å². The summed E-state index contributed by atoms with van der Waals surface area (Å²) in [4.78, 5) is 7.97. The Hall–Kier alpha value is -1.82. The van der Waals surface area contributed by atoms with Crippen LogP contribution in [0.3, 0.4) is 0 Å². The van der Waals surface area contributed by atoms with Crippen LogP contribution in [0.15, 0.2) is 23.0 Å². The van der Waals surface area contributed by atoms with Crippen molar-refractivity contribution in [3.05, 3.63) is 30.1 Å².